The Morgan fingerprint density at radius 3 is 2.57 bits per heavy atom. The average Bonchev–Trinajstić information content (AvgIpc) is 2.84. The zero-order valence-electron chi connectivity index (χ0n) is 18.1. The molecule has 172 valence electrons. The first-order chi connectivity index (χ1) is 16.9. The third kappa shape index (κ3) is 3.34. The second kappa shape index (κ2) is 7.59. The SMILES string of the molecule is O=C1C[C@H](c2ccc3ncccc3c2)c2c(cc(O)c3c(=O)cc(-c4ccc(O)c(O)c4)oc23)O1. The summed E-state index contributed by atoms with van der Waals surface area (Å²) in [6.07, 6.45) is 1.70. The van der Waals surface area contributed by atoms with E-state index in [2.05, 4.69) is 4.98 Å². The molecule has 0 fully saturated rings. The molecule has 0 unspecified atom stereocenters. The molecule has 0 amide bonds. The van der Waals surface area contributed by atoms with Crippen LogP contribution in [0.3, 0.4) is 0 Å². The number of rotatable bonds is 2. The molecule has 8 heteroatoms. The first kappa shape index (κ1) is 20.7. The van der Waals surface area contributed by atoms with Gasteiger partial charge >= 0.3 is 5.97 Å². The van der Waals surface area contributed by atoms with Gasteiger partial charge < -0.3 is 24.5 Å². The van der Waals surface area contributed by atoms with Gasteiger partial charge in [0.05, 0.1) is 11.9 Å². The summed E-state index contributed by atoms with van der Waals surface area (Å²) in [7, 11) is 0. The maximum atomic E-state index is 13.1. The lowest BCUT2D eigenvalue weighted by atomic mass is 9.84. The zero-order chi connectivity index (χ0) is 24.3. The highest BCUT2D eigenvalue weighted by atomic mass is 16.5. The molecule has 2 aromatic heterocycles. The smallest absolute Gasteiger partial charge is 0.312 e. The molecule has 1 aliphatic heterocycles. The number of hydrogen-bond donors (Lipinski definition) is 3. The summed E-state index contributed by atoms with van der Waals surface area (Å²) in [5.41, 5.74) is 1.98. The van der Waals surface area contributed by atoms with Gasteiger partial charge in [0.15, 0.2) is 16.9 Å². The minimum atomic E-state index is -0.509. The van der Waals surface area contributed by atoms with E-state index in [1.807, 2.05) is 30.3 Å². The van der Waals surface area contributed by atoms with Crippen LogP contribution in [0, 0.1) is 0 Å². The van der Waals surface area contributed by atoms with Crippen LogP contribution in [0.2, 0.25) is 0 Å². The van der Waals surface area contributed by atoms with Crippen LogP contribution in [0.25, 0.3) is 33.2 Å². The Hall–Kier alpha value is -4.85. The van der Waals surface area contributed by atoms with Gasteiger partial charge in [-0.05, 0) is 42.0 Å². The number of ether oxygens (including phenoxy) is 1. The third-order valence-electron chi connectivity index (χ3n) is 6.21. The van der Waals surface area contributed by atoms with Crippen LogP contribution < -0.4 is 10.2 Å². The van der Waals surface area contributed by atoms with Crippen molar-refractivity contribution in [2.24, 2.45) is 0 Å². The Kier molecular flexibility index (Phi) is 4.50. The standard InChI is InChI=1S/C27H17NO7/c29-18-6-4-15(9-19(18)30)22-11-20(31)26-21(32)12-23-25(27(26)35-22)16(10-24(33)34-23)13-3-5-17-14(8-13)2-1-7-28-17/h1-9,11-12,16,29-30,32H,10H2/t16-/m1/s1. The van der Waals surface area contributed by atoms with Gasteiger partial charge in [-0.1, -0.05) is 12.1 Å². The minimum absolute atomic E-state index is 0.00653. The monoisotopic (exact) mass is 467 g/mol. The number of esters is 1. The topological polar surface area (TPSA) is 130 Å². The molecule has 1 atom stereocenters. The number of aromatic hydroxyl groups is 3. The van der Waals surface area contributed by atoms with Crippen LogP contribution in [0.4, 0.5) is 0 Å². The molecule has 1 aliphatic rings. The number of phenols is 3. The molecule has 0 bridgehead atoms. The Balaban J connectivity index is 1.63. The lowest BCUT2D eigenvalue weighted by Crippen LogP contribution is -2.22. The summed E-state index contributed by atoms with van der Waals surface area (Å²) in [6, 6.07) is 15.9. The van der Waals surface area contributed by atoms with E-state index >= 15 is 0 Å². The molecular formula is C27H17NO7. The largest absolute Gasteiger partial charge is 0.507 e. The average molecular weight is 467 g/mol. The zero-order valence-corrected chi connectivity index (χ0v) is 18.1. The van der Waals surface area contributed by atoms with Crippen LogP contribution in [0.5, 0.6) is 23.0 Å². The second-order valence-corrected chi connectivity index (χ2v) is 8.38. The number of carbonyl (C=O) groups is 1. The van der Waals surface area contributed by atoms with Crippen molar-refractivity contribution < 1.29 is 29.3 Å². The summed E-state index contributed by atoms with van der Waals surface area (Å²) in [5.74, 6) is -1.83. The lowest BCUT2D eigenvalue weighted by molar-refractivity contribution is -0.135. The van der Waals surface area contributed by atoms with E-state index in [1.165, 1.54) is 30.3 Å². The maximum absolute atomic E-state index is 13.1. The van der Waals surface area contributed by atoms with Crippen molar-refractivity contribution in [3.8, 4) is 34.3 Å². The van der Waals surface area contributed by atoms with Crippen molar-refractivity contribution in [1.29, 1.82) is 0 Å². The molecule has 0 saturated heterocycles. The summed E-state index contributed by atoms with van der Waals surface area (Å²) in [4.78, 5) is 29.9. The van der Waals surface area contributed by atoms with Gasteiger partial charge in [0.2, 0.25) is 0 Å². The van der Waals surface area contributed by atoms with E-state index in [9.17, 15) is 24.9 Å². The van der Waals surface area contributed by atoms with Crippen molar-refractivity contribution in [2.45, 2.75) is 12.3 Å². The Labute approximate surface area is 197 Å². The number of fused-ring (bicyclic) bond motifs is 4. The number of carbonyl (C=O) groups excluding carboxylic acids is 1. The number of benzene rings is 3. The van der Waals surface area contributed by atoms with Crippen LogP contribution in [0.1, 0.15) is 23.5 Å². The number of pyridine rings is 1. The summed E-state index contributed by atoms with van der Waals surface area (Å²) < 4.78 is 11.6. The fourth-order valence-corrected chi connectivity index (χ4v) is 4.57. The maximum Gasteiger partial charge on any atom is 0.312 e. The Morgan fingerprint density at radius 1 is 0.886 bits per heavy atom. The van der Waals surface area contributed by atoms with Crippen molar-refractivity contribution in [3.05, 3.63) is 88.2 Å². The predicted octanol–water partition coefficient (Wildman–Crippen LogP) is 4.57. The van der Waals surface area contributed by atoms with E-state index in [0.717, 1.165) is 16.5 Å². The molecule has 8 nitrogen and oxygen atoms in total. The molecule has 0 spiro atoms. The van der Waals surface area contributed by atoms with Crippen LogP contribution in [-0.2, 0) is 4.79 Å². The molecule has 5 aromatic rings. The number of nitrogens with zero attached hydrogens (tertiary/aromatic N) is 1. The predicted molar refractivity (Wildman–Crippen MR) is 127 cm³/mol. The Bertz CT molecular complexity index is 1740. The first-order valence-corrected chi connectivity index (χ1v) is 10.8. The van der Waals surface area contributed by atoms with Crippen LogP contribution in [0.15, 0.2) is 76.1 Å². The van der Waals surface area contributed by atoms with Gasteiger partial charge in [0.1, 0.15) is 28.2 Å². The Morgan fingerprint density at radius 2 is 1.74 bits per heavy atom. The van der Waals surface area contributed by atoms with E-state index < -0.39 is 17.3 Å². The van der Waals surface area contributed by atoms with Gasteiger partial charge in [0.25, 0.3) is 0 Å². The van der Waals surface area contributed by atoms with Crippen LogP contribution in [-0.4, -0.2) is 26.3 Å². The molecule has 3 N–H and O–H groups in total. The highest BCUT2D eigenvalue weighted by molar-refractivity contribution is 5.93. The normalized spacial score (nSPS) is 15.2. The van der Waals surface area contributed by atoms with Crippen molar-refractivity contribution in [3.63, 3.8) is 0 Å². The molecule has 3 heterocycles. The second-order valence-electron chi connectivity index (χ2n) is 8.38. The van der Waals surface area contributed by atoms with Crippen LogP contribution >= 0.6 is 0 Å². The molecule has 6 rings (SSSR count). The quantitative estimate of drug-likeness (QED) is 0.196. The highest BCUT2D eigenvalue weighted by Gasteiger charge is 2.33. The number of aromatic nitrogens is 1. The van der Waals surface area contributed by atoms with Gasteiger partial charge in [0, 0.05) is 40.8 Å². The lowest BCUT2D eigenvalue weighted by Gasteiger charge is -2.26. The summed E-state index contributed by atoms with van der Waals surface area (Å²) in [5, 5.41) is 31.0. The molecule has 3 aromatic carbocycles. The van der Waals surface area contributed by atoms with Crippen molar-refractivity contribution in [1.82, 2.24) is 4.98 Å². The summed E-state index contributed by atoms with van der Waals surface area (Å²) in [6.45, 7) is 0. The van der Waals surface area contributed by atoms with E-state index in [4.69, 9.17) is 9.15 Å². The molecule has 0 aliphatic carbocycles. The molecule has 35 heavy (non-hydrogen) atoms. The summed E-state index contributed by atoms with van der Waals surface area (Å²) >= 11 is 0. The first-order valence-electron chi connectivity index (χ1n) is 10.8. The molecular weight excluding hydrogens is 450 g/mol. The number of phenolic OH excluding ortho intramolecular Hbond substituents is 3. The van der Waals surface area contributed by atoms with Crippen molar-refractivity contribution >= 4 is 27.8 Å². The van der Waals surface area contributed by atoms with E-state index in [0.29, 0.717) is 11.1 Å². The van der Waals surface area contributed by atoms with Gasteiger partial charge in [-0.15, -0.1) is 0 Å². The fourth-order valence-electron chi connectivity index (χ4n) is 4.57. The van der Waals surface area contributed by atoms with Gasteiger partial charge in [-0.25, -0.2) is 0 Å². The van der Waals surface area contributed by atoms with Gasteiger partial charge in [-0.3, -0.25) is 14.6 Å². The third-order valence-corrected chi connectivity index (χ3v) is 6.21. The van der Waals surface area contributed by atoms with E-state index in [1.54, 1.807) is 6.20 Å². The molecule has 0 saturated carbocycles. The highest BCUT2D eigenvalue weighted by Crippen LogP contribution is 2.46. The fraction of sp³-hybridized carbons (Fsp3) is 0.0741. The van der Waals surface area contributed by atoms with Crippen molar-refractivity contribution in [2.75, 3.05) is 0 Å². The molecule has 0 radical (unpaired) electrons. The minimum Gasteiger partial charge on any atom is -0.507 e. The van der Waals surface area contributed by atoms with E-state index in [-0.39, 0.29) is 46.1 Å². The number of hydrogen-bond acceptors (Lipinski definition) is 8. The van der Waals surface area contributed by atoms with Gasteiger partial charge in [-0.2, -0.15) is 0 Å².